The predicted octanol–water partition coefficient (Wildman–Crippen LogP) is -0.861. The van der Waals surface area contributed by atoms with E-state index >= 15 is 0 Å². The van der Waals surface area contributed by atoms with Gasteiger partial charge in [-0.15, -0.1) is 0 Å². The molecule has 6 N–H and O–H groups in total. The summed E-state index contributed by atoms with van der Waals surface area (Å²) in [5.41, 5.74) is 6.15. The van der Waals surface area contributed by atoms with Crippen LogP contribution in [0, 0.1) is 11.3 Å². The van der Waals surface area contributed by atoms with Crippen LogP contribution in [0.2, 0.25) is 0 Å². The Morgan fingerprint density at radius 1 is 1.00 bits per heavy atom. The molecule has 0 radical (unpaired) electrons. The van der Waals surface area contributed by atoms with Crippen LogP contribution in [-0.2, 0) is 57.1 Å². The van der Waals surface area contributed by atoms with E-state index in [-0.39, 0.29) is 47.5 Å². The molecule has 3 aromatic rings. The highest BCUT2D eigenvalue weighted by Crippen LogP contribution is 2.56. The minimum atomic E-state index is -5.92. The summed E-state index contributed by atoms with van der Waals surface area (Å²) in [5, 5.41) is 26.3. The third-order valence-corrected chi connectivity index (χ3v) is 13.3. The van der Waals surface area contributed by atoms with Gasteiger partial charge in [0.1, 0.15) is 36.3 Å². The van der Waals surface area contributed by atoms with Crippen LogP contribution in [0.5, 0.6) is 0 Å². The molecule has 1 saturated heterocycles. The van der Waals surface area contributed by atoms with Crippen LogP contribution < -0.4 is 35.9 Å². The Hall–Kier alpha value is -3.22. The van der Waals surface area contributed by atoms with Crippen molar-refractivity contribution in [2.75, 3.05) is 37.8 Å². The number of rotatable bonds is 23. The number of anilines is 1. The second-order valence-corrected chi connectivity index (χ2v) is 20.4. The van der Waals surface area contributed by atoms with Crippen LogP contribution in [0.4, 0.5) is 5.82 Å². The van der Waals surface area contributed by atoms with Gasteiger partial charge in [-0.25, -0.2) is 19.3 Å². The number of hydrogen-bond donors (Lipinski definition) is 5. The molecule has 2 amide bonds. The number of aliphatic hydroxyl groups is 2. The number of hydrogen-bond acceptors (Lipinski definition) is 22. The van der Waals surface area contributed by atoms with Crippen molar-refractivity contribution < 1.29 is 80.5 Å². The van der Waals surface area contributed by atoms with Crippen molar-refractivity contribution in [3.8, 4) is 0 Å². The Labute approximate surface area is 360 Å². The molecule has 24 nitrogen and oxygen atoms in total. The molecule has 0 saturated carbocycles. The van der Waals surface area contributed by atoms with E-state index in [9.17, 15) is 57.9 Å². The molecule has 0 aliphatic carbocycles. The fourth-order valence-electron chi connectivity index (χ4n) is 5.93. The number of phosphoric acid groups is 3. The minimum absolute atomic E-state index is 0.0222. The SMILES string of the molecule is CC(C)Cc1ccc([C@@H](C)C(=O)SCCNC(=O)CCNC(=O)[C@H](O)C(C)(C)COP(=O)([O-])OP(=O)([O-])OC[C@H]2O[C@@H](n3cnc4c(N)ncnc43)[C@H](O)[C@@H]2OP(=O)([O-])[O-])cc1. The number of aliphatic hydroxyl groups excluding tert-OH is 2. The zero-order valence-corrected chi connectivity index (χ0v) is 37.6. The highest BCUT2D eigenvalue weighted by atomic mass is 32.2. The molecule has 8 atom stereocenters. The maximum atomic E-state index is 12.7. The Balaban J connectivity index is 1.19. The molecule has 1 aromatic carbocycles. The molecule has 3 heterocycles. The molecule has 4 rings (SSSR count). The fourth-order valence-corrected chi connectivity index (χ4v) is 9.46. The van der Waals surface area contributed by atoms with E-state index in [1.165, 1.54) is 19.4 Å². The van der Waals surface area contributed by atoms with E-state index in [2.05, 4.69) is 57.3 Å². The van der Waals surface area contributed by atoms with Crippen LogP contribution in [-0.4, -0.2) is 103 Å². The van der Waals surface area contributed by atoms with E-state index in [1.54, 1.807) is 0 Å². The van der Waals surface area contributed by atoms with Gasteiger partial charge in [0.2, 0.25) is 11.8 Å². The highest BCUT2D eigenvalue weighted by Gasteiger charge is 2.47. The molecule has 1 fully saturated rings. The Morgan fingerprint density at radius 3 is 2.31 bits per heavy atom. The lowest BCUT2D eigenvalue weighted by molar-refractivity contribution is -0.347. The van der Waals surface area contributed by atoms with Gasteiger partial charge in [-0.3, -0.25) is 28.1 Å². The van der Waals surface area contributed by atoms with Crippen molar-refractivity contribution in [2.45, 2.75) is 84.0 Å². The van der Waals surface area contributed by atoms with Gasteiger partial charge < -0.3 is 69.0 Å². The smallest absolute Gasteiger partial charge is 0.274 e. The molecule has 1 aliphatic heterocycles. The number of amides is 2. The Kier molecular flexibility index (Phi) is 17.9. The molecule has 0 spiro atoms. The van der Waals surface area contributed by atoms with Crippen molar-refractivity contribution in [3.05, 3.63) is 48.0 Å². The topological polar surface area (TPSA) is 375 Å². The number of nitrogen functional groups attached to an aromatic ring is 1. The first-order chi connectivity index (χ1) is 28.8. The normalized spacial score (nSPS) is 21.3. The first-order valence-corrected chi connectivity index (χ1v) is 24.2. The maximum Gasteiger partial charge on any atom is 0.274 e. The number of nitrogens with zero attached hydrogens (tertiary/aromatic N) is 4. The average molecular weight is 952 g/mol. The minimum Gasteiger partial charge on any atom is -0.790 e. The van der Waals surface area contributed by atoms with Gasteiger partial charge in [-0.2, -0.15) is 0 Å². The summed E-state index contributed by atoms with van der Waals surface area (Å²) in [6.07, 6.45) is -6.68. The van der Waals surface area contributed by atoms with E-state index in [4.69, 9.17) is 10.5 Å². The second-order valence-electron chi connectivity index (χ2n) is 15.2. The molecular weight excluding hydrogens is 903 g/mol. The van der Waals surface area contributed by atoms with Crippen LogP contribution in [0.1, 0.15) is 64.3 Å². The molecular formula is C34H48N7O17P3S-4. The number of imidazole rings is 1. The molecule has 1 aliphatic rings. The van der Waals surface area contributed by atoms with Gasteiger partial charge in [-0.05, 0) is 23.5 Å². The fraction of sp³-hybridized carbons (Fsp3) is 0.588. The number of nitrogens with two attached hydrogens (primary N) is 1. The predicted molar refractivity (Wildman–Crippen MR) is 212 cm³/mol. The lowest BCUT2D eigenvalue weighted by atomic mass is 9.87. The van der Waals surface area contributed by atoms with Crippen molar-refractivity contribution in [1.82, 2.24) is 30.2 Å². The first-order valence-electron chi connectivity index (χ1n) is 18.9. The van der Waals surface area contributed by atoms with Gasteiger partial charge in [0.25, 0.3) is 15.6 Å². The second kappa shape index (κ2) is 21.6. The molecule has 62 heavy (non-hydrogen) atoms. The van der Waals surface area contributed by atoms with Crippen molar-refractivity contribution in [3.63, 3.8) is 0 Å². The standard InChI is InChI=1S/C34H52N7O17P3S/c1-19(2)14-21-6-8-22(9-7-21)20(3)33(46)62-13-12-36-24(42)10-11-37-31(45)28(44)34(4,5)16-55-61(52,53)58-60(50,51)54-15-23-27(57-59(47,48)49)26(43)32(56-23)41-18-40-25-29(35)38-17-39-30(25)41/h6-9,17-20,23,26-28,32,43-44H,10-16H2,1-5H3,(H,36,42)(H,37,45)(H,50,51)(H,52,53)(H2,35,38,39)(H2,47,48,49)/p-4/t20-,23-,26-,27-,28+,32-/m1/s1. The number of carbonyl (C=O) groups is 3. The summed E-state index contributed by atoms with van der Waals surface area (Å²) in [6.45, 7) is 6.14. The highest BCUT2D eigenvalue weighted by molar-refractivity contribution is 8.13. The number of benzene rings is 1. The Morgan fingerprint density at radius 2 is 1.66 bits per heavy atom. The van der Waals surface area contributed by atoms with E-state index in [0.29, 0.717) is 11.7 Å². The van der Waals surface area contributed by atoms with Crippen LogP contribution in [0.25, 0.3) is 11.2 Å². The number of ether oxygens (including phenoxy) is 1. The first kappa shape index (κ1) is 51.4. The van der Waals surface area contributed by atoms with Crippen LogP contribution in [0.15, 0.2) is 36.9 Å². The number of carbonyl (C=O) groups excluding carboxylic acids is 3. The Bertz CT molecular complexity index is 2180. The zero-order valence-electron chi connectivity index (χ0n) is 34.1. The van der Waals surface area contributed by atoms with Gasteiger partial charge in [0, 0.05) is 30.7 Å². The summed E-state index contributed by atoms with van der Waals surface area (Å²) < 4.78 is 60.7. The van der Waals surface area contributed by atoms with Gasteiger partial charge in [0.15, 0.2) is 22.8 Å². The van der Waals surface area contributed by atoms with E-state index < -0.39 is 84.6 Å². The lowest BCUT2D eigenvalue weighted by Crippen LogP contribution is -2.46. The number of nitrogens with one attached hydrogen (secondary N) is 2. The molecule has 2 aromatic heterocycles. The largest absolute Gasteiger partial charge is 0.790 e. The van der Waals surface area contributed by atoms with Gasteiger partial charge in [-0.1, -0.05) is 70.6 Å². The summed E-state index contributed by atoms with van der Waals surface area (Å²) in [7, 11) is -17.6. The number of aromatic nitrogens is 4. The summed E-state index contributed by atoms with van der Waals surface area (Å²) in [4.78, 5) is 97.2. The van der Waals surface area contributed by atoms with Crippen molar-refractivity contribution in [2.24, 2.45) is 11.3 Å². The molecule has 28 heteroatoms. The summed E-state index contributed by atoms with van der Waals surface area (Å²) >= 11 is 1.08. The maximum absolute atomic E-state index is 12.7. The molecule has 346 valence electrons. The third-order valence-electron chi connectivity index (χ3n) is 9.20. The zero-order chi connectivity index (χ0) is 46.2. The monoisotopic (exact) mass is 951 g/mol. The van der Waals surface area contributed by atoms with Crippen LogP contribution in [0.3, 0.4) is 0 Å². The molecule has 0 bridgehead atoms. The average Bonchev–Trinajstić information content (AvgIpc) is 3.74. The van der Waals surface area contributed by atoms with Crippen molar-refractivity contribution in [1.29, 1.82) is 0 Å². The van der Waals surface area contributed by atoms with E-state index in [1.807, 2.05) is 31.2 Å². The summed E-state index contributed by atoms with van der Waals surface area (Å²) in [6, 6.07) is 7.90. The van der Waals surface area contributed by atoms with Gasteiger partial charge in [0.05, 0.1) is 33.3 Å². The number of fused-ring (bicyclic) bond motifs is 1. The van der Waals surface area contributed by atoms with Crippen molar-refractivity contribution >= 4 is 69.1 Å². The summed E-state index contributed by atoms with van der Waals surface area (Å²) in [5.74, 6) is -1.08. The third kappa shape index (κ3) is 14.9. The van der Waals surface area contributed by atoms with Crippen LogP contribution >= 0.6 is 35.2 Å². The number of thioether (sulfide) groups is 1. The quantitative estimate of drug-likeness (QED) is 0.0570. The number of phosphoric ester groups is 3. The lowest BCUT2D eigenvalue weighted by Gasteiger charge is -2.36. The van der Waals surface area contributed by atoms with Gasteiger partial charge >= 0.3 is 0 Å². The molecule has 2 unspecified atom stereocenters. The van der Waals surface area contributed by atoms with E-state index in [0.717, 1.165) is 41.0 Å².